The first kappa shape index (κ1) is 12.4. The van der Waals surface area contributed by atoms with Gasteiger partial charge < -0.3 is 10.3 Å². The molecular formula is C10H19N3OS. The van der Waals surface area contributed by atoms with E-state index >= 15 is 0 Å². The Bertz CT molecular complexity index is 335. The van der Waals surface area contributed by atoms with Crippen LogP contribution in [-0.2, 0) is 17.3 Å². The van der Waals surface area contributed by atoms with Gasteiger partial charge in [-0.2, -0.15) is 0 Å². The Morgan fingerprint density at radius 3 is 2.80 bits per heavy atom. The maximum atomic E-state index is 11.2. The normalized spacial score (nSPS) is 17.3. The Labute approximate surface area is 93.3 Å². The molecule has 0 fully saturated rings. The van der Waals surface area contributed by atoms with Crippen LogP contribution in [0.25, 0.3) is 0 Å². The fraction of sp³-hybridized carbons (Fsp3) is 0.700. The van der Waals surface area contributed by atoms with Gasteiger partial charge in [-0.25, -0.2) is 4.98 Å². The van der Waals surface area contributed by atoms with Crippen molar-refractivity contribution in [2.45, 2.75) is 38.1 Å². The lowest BCUT2D eigenvalue weighted by molar-refractivity contribution is 0.583. The number of aromatic nitrogens is 2. The van der Waals surface area contributed by atoms with Gasteiger partial charge in [0.25, 0.3) is 0 Å². The second-order valence-electron chi connectivity index (χ2n) is 3.90. The molecule has 0 saturated heterocycles. The molecule has 5 heteroatoms. The average molecular weight is 229 g/mol. The third kappa shape index (κ3) is 3.43. The maximum absolute atomic E-state index is 11.2. The molecule has 0 aromatic carbocycles. The van der Waals surface area contributed by atoms with Gasteiger partial charge in [0.05, 0.1) is 12.0 Å². The van der Waals surface area contributed by atoms with Gasteiger partial charge in [-0.05, 0) is 13.3 Å². The van der Waals surface area contributed by atoms with Crippen molar-refractivity contribution in [2.24, 2.45) is 5.73 Å². The number of imidazole rings is 1. The van der Waals surface area contributed by atoms with Crippen LogP contribution in [-0.4, -0.2) is 25.3 Å². The van der Waals surface area contributed by atoms with E-state index in [0.29, 0.717) is 0 Å². The molecule has 0 radical (unpaired) electrons. The van der Waals surface area contributed by atoms with Crippen LogP contribution in [0.4, 0.5) is 0 Å². The van der Waals surface area contributed by atoms with Gasteiger partial charge in [0.1, 0.15) is 0 Å². The number of hydrogen-bond acceptors (Lipinski definition) is 3. The zero-order valence-corrected chi connectivity index (χ0v) is 10.3. The van der Waals surface area contributed by atoms with Crippen LogP contribution < -0.4 is 5.73 Å². The molecule has 0 saturated carbocycles. The van der Waals surface area contributed by atoms with Crippen molar-refractivity contribution in [2.75, 3.05) is 6.26 Å². The number of nitrogens with two attached hydrogens (primary N) is 1. The topological polar surface area (TPSA) is 60.9 Å². The first-order valence-electron chi connectivity index (χ1n) is 5.10. The van der Waals surface area contributed by atoms with Gasteiger partial charge in [-0.15, -0.1) is 0 Å². The third-order valence-electron chi connectivity index (χ3n) is 2.55. The second-order valence-corrected chi connectivity index (χ2v) is 5.70. The highest BCUT2D eigenvalue weighted by Crippen LogP contribution is 2.10. The highest BCUT2D eigenvalue weighted by atomic mass is 32.2. The predicted octanol–water partition coefficient (Wildman–Crippen LogP) is 1.06. The van der Waals surface area contributed by atoms with Gasteiger partial charge in [0, 0.05) is 41.1 Å². The van der Waals surface area contributed by atoms with E-state index in [9.17, 15) is 4.21 Å². The predicted molar refractivity (Wildman–Crippen MR) is 63.0 cm³/mol. The Hall–Kier alpha value is -0.680. The molecular weight excluding hydrogens is 210 g/mol. The molecule has 3 atom stereocenters. The summed E-state index contributed by atoms with van der Waals surface area (Å²) in [4.78, 5) is 4.07. The summed E-state index contributed by atoms with van der Waals surface area (Å²) >= 11 is 0. The second kappa shape index (κ2) is 5.42. The summed E-state index contributed by atoms with van der Waals surface area (Å²) in [7, 11) is -0.754. The Morgan fingerprint density at radius 2 is 2.27 bits per heavy atom. The van der Waals surface area contributed by atoms with Gasteiger partial charge in [0.2, 0.25) is 0 Å². The van der Waals surface area contributed by atoms with Crippen LogP contribution in [0.5, 0.6) is 0 Å². The monoisotopic (exact) mass is 229 g/mol. The molecule has 15 heavy (non-hydrogen) atoms. The zero-order chi connectivity index (χ0) is 11.4. The van der Waals surface area contributed by atoms with Crippen molar-refractivity contribution >= 4 is 10.8 Å². The van der Waals surface area contributed by atoms with Crippen LogP contribution in [0, 0.1) is 0 Å². The van der Waals surface area contributed by atoms with Crippen molar-refractivity contribution in [1.82, 2.24) is 9.55 Å². The summed E-state index contributed by atoms with van der Waals surface area (Å²) in [6.45, 7) is 4.77. The minimum Gasteiger partial charge on any atom is -0.333 e. The largest absolute Gasteiger partial charge is 0.333 e. The first-order valence-corrected chi connectivity index (χ1v) is 6.72. The Balaban J connectivity index is 2.57. The Morgan fingerprint density at radius 1 is 1.60 bits per heavy atom. The molecule has 1 rings (SSSR count). The van der Waals surface area contributed by atoms with Crippen LogP contribution in [0.1, 0.15) is 32.0 Å². The van der Waals surface area contributed by atoms with Crippen molar-refractivity contribution < 1.29 is 4.21 Å². The molecule has 0 bridgehead atoms. The fourth-order valence-corrected chi connectivity index (χ4v) is 1.82. The van der Waals surface area contributed by atoms with E-state index in [0.717, 1.165) is 18.7 Å². The molecule has 3 unspecified atom stereocenters. The number of nitrogens with zero attached hydrogens (tertiary/aromatic N) is 2. The van der Waals surface area contributed by atoms with E-state index in [-0.39, 0.29) is 11.3 Å². The SMILES string of the molecule is CC(N)c1cncn1CCC(C)S(C)=O. The number of rotatable bonds is 5. The minimum atomic E-state index is -0.754. The molecule has 0 amide bonds. The summed E-state index contributed by atoms with van der Waals surface area (Å²) < 4.78 is 13.2. The average Bonchev–Trinajstić information content (AvgIpc) is 2.61. The highest BCUT2D eigenvalue weighted by Gasteiger charge is 2.09. The van der Waals surface area contributed by atoms with Crippen molar-refractivity contribution in [1.29, 1.82) is 0 Å². The van der Waals surface area contributed by atoms with Gasteiger partial charge in [0.15, 0.2) is 0 Å². The lowest BCUT2D eigenvalue weighted by Gasteiger charge is -2.13. The highest BCUT2D eigenvalue weighted by molar-refractivity contribution is 7.84. The fourth-order valence-electron chi connectivity index (χ4n) is 1.38. The summed E-state index contributed by atoms with van der Waals surface area (Å²) in [5.41, 5.74) is 6.84. The van der Waals surface area contributed by atoms with Gasteiger partial charge in [-0.3, -0.25) is 4.21 Å². The van der Waals surface area contributed by atoms with Crippen LogP contribution in [0.15, 0.2) is 12.5 Å². The molecule has 86 valence electrons. The third-order valence-corrected chi connectivity index (χ3v) is 3.92. The lowest BCUT2D eigenvalue weighted by Crippen LogP contribution is -2.16. The molecule has 0 aliphatic rings. The van der Waals surface area contributed by atoms with E-state index in [4.69, 9.17) is 5.73 Å². The number of hydrogen-bond donors (Lipinski definition) is 1. The van der Waals surface area contributed by atoms with Crippen LogP contribution in [0.2, 0.25) is 0 Å². The summed E-state index contributed by atoms with van der Waals surface area (Å²) in [5.74, 6) is 0. The summed E-state index contributed by atoms with van der Waals surface area (Å²) in [5, 5.41) is 0.216. The van der Waals surface area contributed by atoms with Crippen LogP contribution in [0.3, 0.4) is 0 Å². The molecule has 4 nitrogen and oxygen atoms in total. The quantitative estimate of drug-likeness (QED) is 0.821. The van der Waals surface area contributed by atoms with Gasteiger partial charge >= 0.3 is 0 Å². The van der Waals surface area contributed by atoms with Gasteiger partial charge in [-0.1, -0.05) is 6.92 Å². The molecule has 0 aliphatic carbocycles. The van der Waals surface area contributed by atoms with E-state index in [1.54, 1.807) is 18.8 Å². The Kier molecular flexibility index (Phi) is 4.47. The molecule has 2 N–H and O–H groups in total. The van der Waals surface area contributed by atoms with Crippen molar-refractivity contribution in [3.05, 3.63) is 18.2 Å². The molecule has 1 aromatic rings. The molecule has 0 aliphatic heterocycles. The molecule has 1 aromatic heterocycles. The standard InChI is InChI=1S/C10H19N3OS/c1-8(15(3)14)4-5-13-7-12-6-10(13)9(2)11/h6-9H,4-5,11H2,1-3H3. The van der Waals surface area contributed by atoms with E-state index in [1.165, 1.54) is 0 Å². The lowest BCUT2D eigenvalue weighted by atomic mass is 10.2. The first-order chi connectivity index (χ1) is 7.02. The van der Waals surface area contributed by atoms with Crippen LogP contribution >= 0.6 is 0 Å². The van der Waals surface area contributed by atoms with E-state index < -0.39 is 10.8 Å². The number of aryl methyl sites for hydroxylation is 1. The summed E-state index contributed by atoms with van der Waals surface area (Å²) in [6, 6.07) is -0.00469. The van der Waals surface area contributed by atoms with Crippen molar-refractivity contribution in [3.63, 3.8) is 0 Å². The van der Waals surface area contributed by atoms with E-state index in [2.05, 4.69) is 4.98 Å². The molecule has 1 heterocycles. The summed E-state index contributed by atoms with van der Waals surface area (Å²) in [6.07, 6.45) is 6.20. The zero-order valence-electron chi connectivity index (χ0n) is 9.51. The van der Waals surface area contributed by atoms with Crippen molar-refractivity contribution in [3.8, 4) is 0 Å². The smallest absolute Gasteiger partial charge is 0.0948 e. The minimum absolute atomic E-state index is 0.00469. The molecule has 0 spiro atoms. The van der Waals surface area contributed by atoms with E-state index in [1.807, 2.05) is 18.4 Å². The maximum Gasteiger partial charge on any atom is 0.0948 e.